The lowest BCUT2D eigenvalue weighted by atomic mass is 10.1. The standard InChI is InChI=1S/C20H22N4O2S/c1-3-4-13-24(18(25)14-16-7-5-6-8-17(16)26-2)20-23-22-19(27-20)15-9-11-21-12-10-15/h5-12H,3-4,13-14H2,1-2H3. The molecule has 0 unspecified atom stereocenters. The van der Waals surface area contributed by atoms with Crippen LogP contribution in [0.2, 0.25) is 0 Å². The molecule has 0 atom stereocenters. The molecule has 3 aromatic rings. The molecule has 3 rings (SSSR count). The van der Waals surface area contributed by atoms with Crippen LogP contribution in [0.25, 0.3) is 10.6 Å². The van der Waals surface area contributed by atoms with Crippen molar-refractivity contribution in [1.82, 2.24) is 15.2 Å². The van der Waals surface area contributed by atoms with E-state index < -0.39 is 0 Å². The first-order valence-corrected chi connectivity index (χ1v) is 9.70. The van der Waals surface area contributed by atoms with Gasteiger partial charge in [-0.2, -0.15) is 0 Å². The van der Waals surface area contributed by atoms with Crippen molar-refractivity contribution >= 4 is 22.4 Å². The number of anilines is 1. The van der Waals surface area contributed by atoms with Crippen molar-refractivity contribution in [2.75, 3.05) is 18.6 Å². The van der Waals surface area contributed by atoms with Crippen LogP contribution in [0.15, 0.2) is 48.8 Å². The van der Waals surface area contributed by atoms with Gasteiger partial charge >= 0.3 is 0 Å². The van der Waals surface area contributed by atoms with E-state index in [1.165, 1.54) is 11.3 Å². The van der Waals surface area contributed by atoms with Crippen LogP contribution >= 0.6 is 11.3 Å². The van der Waals surface area contributed by atoms with Crippen LogP contribution < -0.4 is 9.64 Å². The smallest absolute Gasteiger partial charge is 0.233 e. The molecule has 0 bridgehead atoms. The van der Waals surface area contributed by atoms with E-state index in [-0.39, 0.29) is 12.3 Å². The Kier molecular flexibility index (Phi) is 6.49. The minimum Gasteiger partial charge on any atom is -0.496 e. The maximum Gasteiger partial charge on any atom is 0.233 e. The normalized spacial score (nSPS) is 10.6. The van der Waals surface area contributed by atoms with Gasteiger partial charge in [-0.05, 0) is 24.6 Å². The molecule has 140 valence electrons. The summed E-state index contributed by atoms with van der Waals surface area (Å²) < 4.78 is 5.37. The van der Waals surface area contributed by atoms with Gasteiger partial charge in [-0.1, -0.05) is 42.9 Å². The predicted octanol–water partition coefficient (Wildman–Crippen LogP) is 3.98. The molecular weight excluding hydrogens is 360 g/mol. The van der Waals surface area contributed by atoms with Crippen molar-refractivity contribution in [2.24, 2.45) is 0 Å². The Balaban J connectivity index is 1.83. The monoisotopic (exact) mass is 382 g/mol. The zero-order valence-corrected chi connectivity index (χ0v) is 16.3. The lowest BCUT2D eigenvalue weighted by molar-refractivity contribution is -0.118. The zero-order chi connectivity index (χ0) is 19.1. The summed E-state index contributed by atoms with van der Waals surface area (Å²) >= 11 is 1.42. The molecule has 0 aliphatic rings. The fraction of sp³-hybridized carbons (Fsp3) is 0.300. The lowest BCUT2D eigenvalue weighted by Gasteiger charge is -2.19. The molecule has 0 aliphatic carbocycles. The van der Waals surface area contributed by atoms with Crippen LogP contribution in [0, 0.1) is 0 Å². The highest BCUT2D eigenvalue weighted by Crippen LogP contribution is 2.29. The van der Waals surface area contributed by atoms with Gasteiger partial charge in [0.25, 0.3) is 0 Å². The van der Waals surface area contributed by atoms with Crippen LogP contribution in [0.1, 0.15) is 25.3 Å². The summed E-state index contributed by atoms with van der Waals surface area (Å²) in [6, 6.07) is 11.4. The molecule has 7 heteroatoms. The molecular formula is C20H22N4O2S. The number of hydrogen-bond acceptors (Lipinski definition) is 6. The molecule has 0 aliphatic heterocycles. The van der Waals surface area contributed by atoms with Crippen molar-refractivity contribution in [1.29, 1.82) is 0 Å². The van der Waals surface area contributed by atoms with Crippen LogP contribution in [-0.4, -0.2) is 34.7 Å². The second-order valence-corrected chi connectivity index (χ2v) is 6.97. The second-order valence-electron chi connectivity index (χ2n) is 6.01. The molecule has 0 fully saturated rings. The van der Waals surface area contributed by atoms with E-state index in [1.807, 2.05) is 36.4 Å². The molecule has 27 heavy (non-hydrogen) atoms. The third kappa shape index (κ3) is 4.68. The Morgan fingerprint density at radius 2 is 1.93 bits per heavy atom. The van der Waals surface area contributed by atoms with Gasteiger partial charge in [-0.3, -0.25) is 14.7 Å². The number of aromatic nitrogens is 3. The molecule has 0 spiro atoms. The highest BCUT2D eigenvalue weighted by molar-refractivity contribution is 7.18. The summed E-state index contributed by atoms with van der Waals surface area (Å²) in [6.07, 6.45) is 5.60. The van der Waals surface area contributed by atoms with Crippen LogP contribution in [0.3, 0.4) is 0 Å². The van der Waals surface area contributed by atoms with Gasteiger partial charge in [0.1, 0.15) is 10.8 Å². The van der Waals surface area contributed by atoms with E-state index >= 15 is 0 Å². The van der Waals surface area contributed by atoms with Crippen molar-refractivity contribution in [3.63, 3.8) is 0 Å². The largest absolute Gasteiger partial charge is 0.496 e. The summed E-state index contributed by atoms with van der Waals surface area (Å²) in [5.74, 6) is 0.710. The highest BCUT2D eigenvalue weighted by atomic mass is 32.1. The number of methoxy groups -OCH3 is 1. The average Bonchev–Trinajstić information content (AvgIpc) is 3.19. The molecule has 6 nitrogen and oxygen atoms in total. The number of benzene rings is 1. The fourth-order valence-electron chi connectivity index (χ4n) is 2.69. The van der Waals surface area contributed by atoms with Gasteiger partial charge in [-0.25, -0.2) is 0 Å². The summed E-state index contributed by atoms with van der Waals surface area (Å²) in [7, 11) is 1.61. The van der Waals surface area contributed by atoms with Crippen molar-refractivity contribution in [2.45, 2.75) is 26.2 Å². The van der Waals surface area contributed by atoms with Crippen LogP contribution in [-0.2, 0) is 11.2 Å². The second kappa shape index (κ2) is 9.23. The number of para-hydroxylation sites is 1. The first-order valence-electron chi connectivity index (χ1n) is 8.89. The van der Waals surface area contributed by atoms with E-state index in [0.717, 1.165) is 34.7 Å². The summed E-state index contributed by atoms with van der Waals surface area (Å²) in [6.45, 7) is 2.72. The minimum atomic E-state index is -0.00891. The Morgan fingerprint density at radius 1 is 1.15 bits per heavy atom. The first kappa shape index (κ1) is 19.0. The van der Waals surface area contributed by atoms with Crippen molar-refractivity contribution < 1.29 is 9.53 Å². The summed E-state index contributed by atoms with van der Waals surface area (Å²) in [5.41, 5.74) is 1.81. The lowest BCUT2D eigenvalue weighted by Crippen LogP contribution is -2.33. The number of nitrogens with zero attached hydrogens (tertiary/aromatic N) is 4. The number of carbonyl (C=O) groups excluding carboxylic acids is 1. The molecule has 1 amide bonds. The third-order valence-corrected chi connectivity index (χ3v) is 5.14. The zero-order valence-electron chi connectivity index (χ0n) is 15.5. The third-order valence-electron chi connectivity index (χ3n) is 4.14. The van der Waals surface area contributed by atoms with Gasteiger partial charge in [0.2, 0.25) is 11.0 Å². The maximum atomic E-state index is 13.0. The number of hydrogen-bond donors (Lipinski definition) is 0. The van der Waals surface area contributed by atoms with Crippen molar-refractivity contribution in [3.8, 4) is 16.3 Å². The Hall–Kier alpha value is -2.80. The Labute approximate surface area is 162 Å². The molecule has 0 radical (unpaired) electrons. The van der Waals surface area contributed by atoms with E-state index in [0.29, 0.717) is 11.7 Å². The van der Waals surface area contributed by atoms with Crippen LogP contribution in [0.4, 0.5) is 5.13 Å². The number of rotatable bonds is 8. The predicted molar refractivity (Wildman–Crippen MR) is 107 cm³/mol. The van der Waals surface area contributed by atoms with Crippen molar-refractivity contribution in [3.05, 3.63) is 54.4 Å². The molecule has 0 N–H and O–H groups in total. The molecule has 2 aromatic heterocycles. The molecule has 2 heterocycles. The van der Waals surface area contributed by atoms with Gasteiger partial charge in [0.15, 0.2) is 0 Å². The van der Waals surface area contributed by atoms with E-state index in [2.05, 4.69) is 22.1 Å². The van der Waals surface area contributed by atoms with Crippen LogP contribution in [0.5, 0.6) is 5.75 Å². The number of unbranched alkanes of at least 4 members (excludes halogenated alkanes) is 1. The van der Waals surface area contributed by atoms with Gasteiger partial charge < -0.3 is 4.74 Å². The highest BCUT2D eigenvalue weighted by Gasteiger charge is 2.21. The first-order chi connectivity index (χ1) is 13.2. The SMILES string of the molecule is CCCCN(C(=O)Cc1ccccc1OC)c1nnc(-c2ccncc2)s1. The summed E-state index contributed by atoms with van der Waals surface area (Å²) in [5, 5.41) is 9.93. The topological polar surface area (TPSA) is 68.2 Å². The maximum absolute atomic E-state index is 13.0. The fourth-order valence-corrected chi connectivity index (χ4v) is 3.58. The Morgan fingerprint density at radius 3 is 2.67 bits per heavy atom. The molecule has 0 saturated heterocycles. The summed E-state index contributed by atoms with van der Waals surface area (Å²) in [4.78, 5) is 18.8. The minimum absolute atomic E-state index is 0.00891. The number of amides is 1. The Bertz CT molecular complexity index is 882. The quantitative estimate of drug-likeness (QED) is 0.589. The van der Waals surface area contributed by atoms with E-state index in [9.17, 15) is 4.79 Å². The van der Waals surface area contributed by atoms with Gasteiger partial charge in [0.05, 0.1) is 13.5 Å². The van der Waals surface area contributed by atoms with Gasteiger partial charge in [-0.15, -0.1) is 10.2 Å². The number of ether oxygens (including phenoxy) is 1. The molecule has 1 aromatic carbocycles. The van der Waals surface area contributed by atoms with Gasteiger partial charge in [0, 0.05) is 30.1 Å². The van der Waals surface area contributed by atoms with E-state index in [1.54, 1.807) is 24.4 Å². The number of carbonyl (C=O) groups is 1. The average molecular weight is 382 g/mol. The number of pyridine rings is 1. The molecule has 0 saturated carbocycles. The van der Waals surface area contributed by atoms with E-state index in [4.69, 9.17) is 4.74 Å².